The molecule has 0 unspecified atom stereocenters. The van der Waals surface area contributed by atoms with Crippen molar-refractivity contribution in [1.29, 1.82) is 0 Å². The zero-order valence-corrected chi connectivity index (χ0v) is 12.9. The number of halogens is 3. The summed E-state index contributed by atoms with van der Waals surface area (Å²) in [6, 6.07) is 2.63. The maximum Gasteiger partial charge on any atom is 0.393 e. The molecular weight excluding hydrogens is 323 g/mol. The Balaban J connectivity index is 1.60. The summed E-state index contributed by atoms with van der Waals surface area (Å²) < 4.78 is 39.3. The highest BCUT2D eigenvalue weighted by molar-refractivity contribution is 6.03. The number of hydrogen-bond acceptors (Lipinski definition) is 4. The van der Waals surface area contributed by atoms with Crippen LogP contribution in [0.1, 0.15) is 37.7 Å². The smallest absolute Gasteiger partial charge is 0.382 e. The summed E-state index contributed by atoms with van der Waals surface area (Å²) in [6.45, 7) is 0. The van der Waals surface area contributed by atoms with E-state index in [9.17, 15) is 18.0 Å². The van der Waals surface area contributed by atoms with E-state index in [1.54, 1.807) is 24.5 Å². The molecule has 5 nitrogen and oxygen atoms in total. The van der Waals surface area contributed by atoms with Crippen LogP contribution < -0.4 is 5.32 Å². The first-order valence-electron chi connectivity index (χ1n) is 7.95. The van der Waals surface area contributed by atoms with E-state index in [2.05, 4.69) is 15.5 Å². The van der Waals surface area contributed by atoms with Crippen LogP contribution in [0.4, 0.5) is 13.2 Å². The monoisotopic (exact) mass is 341 g/mol. The van der Waals surface area contributed by atoms with Crippen molar-refractivity contribution in [3.05, 3.63) is 30.1 Å². The predicted octanol–water partition coefficient (Wildman–Crippen LogP) is 2.81. The minimum Gasteiger partial charge on any atom is -0.382 e. The first kappa shape index (κ1) is 16.7. The van der Waals surface area contributed by atoms with Gasteiger partial charge in [-0.2, -0.15) is 13.2 Å². The van der Waals surface area contributed by atoms with Crippen LogP contribution >= 0.6 is 0 Å². The van der Waals surface area contributed by atoms with Gasteiger partial charge in [0.15, 0.2) is 0 Å². The number of aromatic nitrogens is 1. The highest BCUT2D eigenvalue weighted by atomic mass is 19.4. The minimum absolute atomic E-state index is 0.0530. The van der Waals surface area contributed by atoms with Crippen LogP contribution in [0, 0.1) is 5.92 Å². The first-order chi connectivity index (χ1) is 11.4. The molecule has 8 heteroatoms. The van der Waals surface area contributed by atoms with Crippen molar-refractivity contribution >= 4 is 11.6 Å². The molecule has 1 amide bonds. The van der Waals surface area contributed by atoms with Crippen LogP contribution in [0.25, 0.3) is 0 Å². The molecule has 1 aromatic rings. The Kier molecular flexibility index (Phi) is 4.73. The summed E-state index contributed by atoms with van der Waals surface area (Å²) in [5, 5.41) is 6.38. The second-order valence-corrected chi connectivity index (χ2v) is 6.13. The summed E-state index contributed by atoms with van der Waals surface area (Å²) >= 11 is 0. The van der Waals surface area contributed by atoms with Crippen molar-refractivity contribution in [2.75, 3.05) is 0 Å². The normalized spacial score (nSPS) is 27.3. The van der Waals surface area contributed by atoms with Gasteiger partial charge in [-0.1, -0.05) is 18.0 Å². The van der Waals surface area contributed by atoms with Gasteiger partial charge in [0.05, 0.1) is 11.6 Å². The molecule has 24 heavy (non-hydrogen) atoms. The second-order valence-electron chi connectivity index (χ2n) is 6.13. The zero-order chi connectivity index (χ0) is 17.2. The summed E-state index contributed by atoms with van der Waals surface area (Å²) in [5.74, 6) is -2.03. The number of amides is 1. The van der Waals surface area contributed by atoms with Gasteiger partial charge in [0.2, 0.25) is 6.10 Å². The fourth-order valence-electron chi connectivity index (χ4n) is 3.19. The number of nitrogens with one attached hydrogen (secondary N) is 1. The van der Waals surface area contributed by atoms with Gasteiger partial charge >= 0.3 is 6.18 Å². The first-order valence-corrected chi connectivity index (χ1v) is 7.95. The summed E-state index contributed by atoms with van der Waals surface area (Å²) in [4.78, 5) is 21.3. The average Bonchev–Trinajstić information content (AvgIpc) is 3.05. The Morgan fingerprint density at radius 1 is 1.29 bits per heavy atom. The van der Waals surface area contributed by atoms with Crippen LogP contribution in [-0.4, -0.2) is 34.9 Å². The third-order valence-electron chi connectivity index (χ3n) is 4.47. The van der Waals surface area contributed by atoms with Crippen molar-refractivity contribution < 1.29 is 22.8 Å². The molecule has 1 N–H and O–H groups in total. The maximum absolute atomic E-state index is 13.1. The SMILES string of the molecule is O=C(N[C@@H]1CCCC[C@H]1C(F)(F)F)[C@@H]1CC(c2cccnc2)=NO1. The number of pyridine rings is 1. The highest BCUT2D eigenvalue weighted by Crippen LogP contribution is 2.37. The highest BCUT2D eigenvalue weighted by Gasteiger charge is 2.46. The molecule has 0 radical (unpaired) electrons. The molecule has 1 aliphatic heterocycles. The molecule has 1 saturated carbocycles. The van der Waals surface area contributed by atoms with Crippen LogP contribution in [0.5, 0.6) is 0 Å². The lowest BCUT2D eigenvalue weighted by atomic mass is 9.84. The van der Waals surface area contributed by atoms with Gasteiger partial charge in [-0.3, -0.25) is 9.78 Å². The molecule has 0 saturated heterocycles. The molecule has 1 aliphatic carbocycles. The molecule has 3 rings (SSSR count). The largest absolute Gasteiger partial charge is 0.393 e. The van der Waals surface area contributed by atoms with E-state index in [1.165, 1.54) is 0 Å². The Labute approximate surface area is 137 Å². The Hall–Kier alpha value is -2.12. The molecular formula is C16H18F3N3O2. The number of carbonyl (C=O) groups excluding carboxylic acids is 1. The van der Waals surface area contributed by atoms with Crippen molar-refractivity contribution in [3.8, 4) is 0 Å². The van der Waals surface area contributed by atoms with E-state index >= 15 is 0 Å². The van der Waals surface area contributed by atoms with E-state index in [-0.39, 0.29) is 12.8 Å². The number of alkyl halides is 3. The number of rotatable bonds is 3. The molecule has 0 bridgehead atoms. The molecule has 2 heterocycles. The van der Waals surface area contributed by atoms with Crippen molar-refractivity contribution in [2.45, 2.75) is 50.4 Å². The van der Waals surface area contributed by atoms with Crippen LogP contribution in [0.15, 0.2) is 29.7 Å². The lowest BCUT2D eigenvalue weighted by Gasteiger charge is -2.33. The predicted molar refractivity (Wildman–Crippen MR) is 80.2 cm³/mol. The standard InChI is InChI=1S/C16H18F3N3O2/c17-16(18,19)11-5-1-2-6-12(11)21-15(23)14-8-13(22-24-14)10-4-3-7-20-9-10/h3-4,7,9,11-12,14H,1-2,5-6,8H2,(H,21,23)/t11-,12-,14+/m1/s1. The third kappa shape index (κ3) is 3.68. The fourth-order valence-corrected chi connectivity index (χ4v) is 3.19. The fraction of sp³-hybridized carbons (Fsp3) is 0.562. The molecule has 0 aromatic carbocycles. The van der Waals surface area contributed by atoms with E-state index < -0.39 is 30.1 Å². The third-order valence-corrected chi connectivity index (χ3v) is 4.47. The van der Waals surface area contributed by atoms with Gasteiger partial charge in [0.1, 0.15) is 0 Å². The van der Waals surface area contributed by atoms with Crippen LogP contribution in [-0.2, 0) is 9.63 Å². The number of carbonyl (C=O) groups is 1. The number of oxime groups is 1. The molecule has 130 valence electrons. The summed E-state index contributed by atoms with van der Waals surface area (Å²) in [7, 11) is 0. The van der Waals surface area contributed by atoms with Crippen LogP contribution in [0.2, 0.25) is 0 Å². The topological polar surface area (TPSA) is 63.6 Å². The van der Waals surface area contributed by atoms with Gasteiger partial charge in [0.25, 0.3) is 5.91 Å². The second kappa shape index (κ2) is 6.78. The van der Waals surface area contributed by atoms with Crippen molar-refractivity contribution in [2.24, 2.45) is 11.1 Å². The number of hydrogen-bond donors (Lipinski definition) is 1. The van der Waals surface area contributed by atoms with E-state index in [4.69, 9.17) is 4.84 Å². The molecule has 1 aromatic heterocycles. The van der Waals surface area contributed by atoms with Gasteiger partial charge in [0, 0.05) is 30.4 Å². The van der Waals surface area contributed by atoms with Gasteiger partial charge in [-0.25, -0.2) is 0 Å². The summed E-state index contributed by atoms with van der Waals surface area (Å²) in [5.41, 5.74) is 1.30. The quantitative estimate of drug-likeness (QED) is 0.919. The van der Waals surface area contributed by atoms with E-state index in [0.29, 0.717) is 25.0 Å². The van der Waals surface area contributed by atoms with E-state index in [1.807, 2.05) is 0 Å². The van der Waals surface area contributed by atoms with Gasteiger partial charge < -0.3 is 10.2 Å². The lowest BCUT2D eigenvalue weighted by Crippen LogP contribution is -2.50. The Morgan fingerprint density at radius 2 is 2.08 bits per heavy atom. The van der Waals surface area contributed by atoms with Crippen molar-refractivity contribution in [1.82, 2.24) is 10.3 Å². The Morgan fingerprint density at radius 3 is 2.79 bits per heavy atom. The summed E-state index contributed by atoms with van der Waals surface area (Å²) in [6.07, 6.45) is -0.154. The zero-order valence-electron chi connectivity index (χ0n) is 12.9. The molecule has 1 fully saturated rings. The van der Waals surface area contributed by atoms with Crippen LogP contribution in [0.3, 0.4) is 0 Å². The average molecular weight is 341 g/mol. The maximum atomic E-state index is 13.1. The molecule has 0 spiro atoms. The molecule has 2 aliphatic rings. The molecule has 3 atom stereocenters. The minimum atomic E-state index is -4.30. The lowest BCUT2D eigenvalue weighted by molar-refractivity contribution is -0.189. The van der Waals surface area contributed by atoms with Gasteiger partial charge in [-0.05, 0) is 25.0 Å². The van der Waals surface area contributed by atoms with E-state index in [0.717, 1.165) is 5.56 Å². The number of nitrogens with zero attached hydrogens (tertiary/aromatic N) is 2. The Bertz CT molecular complexity index is 619. The van der Waals surface area contributed by atoms with Gasteiger partial charge in [-0.15, -0.1) is 0 Å². The van der Waals surface area contributed by atoms with Crippen molar-refractivity contribution in [3.63, 3.8) is 0 Å².